The van der Waals surface area contributed by atoms with E-state index in [4.69, 9.17) is 21.8 Å². The highest BCUT2D eigenvalue weighted by Crippen LogP contribution is 2.22. The Morgan fingerprint density at radius 2 is 1.64 bits per heavy atom. The van der Waals surface area contributed by atoms with E-state index in [0.717, 1.165) is 31.1 Å². The Kier molecular flexibility index (Phi) is 8.52. The fourth-order valence-corrected chi connectivity index (χ4v) is 3.07. The highest BCUT2D eigenvalue weighted by molar-refractivity contribution is 6.30. The molecule has 2 aromatic carbocycles. The van der Waals surface area contributed by atoms with Crippen LogP contribution in [-0.2, 0) is 16.0 Å². The largest absolute Gasteiger partial charge is 0.478 e. The first-order valence-electron chi connectivity index (χ1n) is 8.86. The summed E-state index contributed by atoms with van der Waals surface area (Å²) in [5, 5.41) is 19.9. The lowest BCUT2D eigenvalue weighted by Crippen LogP contribution is -2.52. The number of nitrogens with zero attached hydrogens (tertiary/aromatic N) is 1. The molecule has 0 saturated carbocycles. The van der Waals surface area contributed by atoms with Crippen LogP contribution in [-0.4, -0.2) is 47.8 Å². The van der Waals surface area contributed by atoms with Crippen molar-refractivity contribution in [3.05, 3.63) is 77.3 Å². The molecule has 28 heavy (non-hydrogen) atoms. The highest BCUT2D eigenvalue weighted by atomic mass is 35.5. The van der Waals surface area contributed by atoms with Gasteiger partial charge in [-0.25, -0.2) is 9.59 Å². The Morgan fingerprint density at radius 3 is 2.21 bits per heavy atom. The number of anilines is 1. The van der Waals surface area contributed by atoms with E-state index in [9.17, 15) is 9.59 Å². The normalized spacial score (nSPS) is 16.3. The zero-order valence-corrected chi connectivity index (χ0v) is 16.0. The molecular formula is C21H23ClN2O4. The van der Waals surface area contributed by atoms with E-state index in [0.29, 0.717) is 18.2 Å². The third kappa shape index (κ3) is 7.42. The van der Waals surface area contributed by atoms with Gasteiger partial charge in [-0.1, -0.05) is 41.9 Å². The molecule has 1 heterocycles. The first-order chi connectivity index (χ1) is 13.5. The van der Waals surface area contributed by atoms with Crippen LogP contribution in [0.1, 0.15) is 5.56 Å². The Morgan fingerprint density at radius 1 is 1.04 bits per heavy atom. The van der Waals surface area contributed by atoms with Crippen molar-refractivity contribution in [2.24, 2.45) is 0 Å². The second-order valence-electron chi connectivity index (χ2n) is 6.23. The number of carbonyl (C=O) groups is 2. The van der Waals surface area contributed by atoms with Crippen LogP contribution in [0.4, 0.5) is 5.69 Å². The molecule has 0 radical (unpaired) electrons. The Labute approximate surface area is 169 Å². The number of halogens is 1. The van der Waals surface area contributed by atoms with E-state index in [1.54, 1.807) is 0 Å². The summed E-state index contributed by atoms with van der Waals surface area (Å²) in [7, 11) is 0. The van der Waals surface area contributed by atoms with E-state index >= 15 is 0 Å². The van der Waals surface area contributed by atoms with E-state index in [2.05, 4.69) is 52.7 Å². The first kappa shape index (κ1) is 21.5. The van der Waals surface area contributed by atoms with Crippen LogP contribution in [0, 0.1) is 0 Å². The summed E-state index contributed by atoms with van der Waals surface area (Å²) in [6.07, 6.45) is 2.18. The summed E-state index contributed by atoms with van der Waals surface area (Å²) in [6.45, 7) is 3.10. The summed E-state index contributed by atoms with van der Waals surface area (Å²) >= 11 is 5.99. The molecule has 1 saturated heterocycles. The highest BCUT2D eigenvalue weighted by Gasteiger charge is 2.22. The molecule has 0 aliphatic carbocycles. The molecule has 2 aromatic rings. The molecule has 0 amide bonds. The maximum absolute atomic E-state index is 9.55. The molecule has 1 unspecified atom stereocenters. The standard InChI is InChI=1S/C17H19ClN2.C4H4O4/c18-15-6-8-16(9-7-15)20-11-10-19-13-17(20)12-14-4-2-1-3-5-14;5-3(6)1-2-4(7)8/h1-9,17,19H,10-13H2;1-2H,(H,5,6)(H,7,8). The number of benzene rings is 2. The average molecular weight is 403 g/mol. The van der Waals surface area contributed by atoms with Gasteiger partial charge in [0.05, 0.1) is 0 Å². The van der Waals surface area contributed by atoms with Crippen LogP contribution in [0.15, 0.2) is 66.7 Å². The minimum absolute atomic E-state index is 0.493. The van der Waals surface area contributed by atoms with Gasteiger partial charge in [-0.15, -0.1) is 0 Å². The zero-order chi connectivity index (χ0) is 20.4. The molecule has 1 aliphatic heterocycles. The second kappa shape index (κ2) is 11.1. The number of hydrogen-bond acceptors (Lipinski definition) is 4. The number of hydrogen-bond donors (Lipinski definition) is 3. The van der Waals surface area contributed by atoms with E-state index in [1.165, 1.54) is 11.3 Å². The van der Waals surface area contributed by atoms with Crippen molar-refractivity contribution >= 4 is 29.2 Å². The molecule has 6 nitrogen and oxygen atoms in total. The van der Waals surface area contributed by atoms with E-state index < -0.39 is 11.9 Å². The van der Waals surface area contributed by atoms with Gasteiger partial charge in [-0.05, 0) is 36.2 Å². The predicted molar refractivity (Wildman–Crippen MR) is 110 cm³/mol. The summed E-state index contributed by atoms with van der Waals surface area (Å²) < 4.78 is 0. The maximum Gasteiger partial charge on any atom is 0.328 e. The molecule has 3 N–H and O–H groups in total. The van der Waals surface area contributed by atoms with Gasteiger partial charge in [0, 0.05) is 48.5 Å². The van der Waals surface area contributed by atoms with Crippen LogP contribution in [0.3, 0.4) is 0 Å². The number of carboxylic acid groups (broad SMARTS) is 2. The van der Waals surface area contributed by atoms with Crippen LogP contribution in [0.2, 0.25) is 5.02 Å². The van der Waals surface area contributed by atoms with Crippen LogP contribution >= 0.6 is 11.6 Å². The number of aliphatic carboxylic acids is 2. The van der Waals surface area contributed by atoms with Gasteiger partial charge in [0.15, 0.2) is 0 Å². The second-order valence-corrected chi connectivity index (χ2v) is 6.66. The van der Waals surface area contributed by atoms with Crippen LogP contribution < -0.4 is 10.2 Å². The molecule has 0 aromatic heterocycles. The van der Waals surface area contributed by atoms with Gasteiger partial charge >= 0.3 is 11.9 Å². The Balaban J connectivity index is 0.000000300. The lowest BCUT2D eigenvalue weighted by atomic mass is 10.0. The smallest absolute Gasteiger partial charge is 0.328 e. The molecule has 7 heteroatoms. The lowest BCUT2D eigenvalue weighted by molar-refractivity contribution is -0.134. The van der Waals surface area contributed by atoms with Gasteiger partial charge in [-0.3, -0.25) is 0 Å². The molecule has 0 spiro atoms. The fourth-order valence-electron chi connectivity index (χ4n) is 2.94. The van der Waals surface area contributed by atoms with Crippen molar-refractivity contribution < 1.29 is 19.8 Å². The average Bonchev–Trinajstić information content (AvgIpc) is 2.69. The van der Waals surface area contributed by atoms with Gasteiger partial charge in [0.1, 0.15) is 0 Å². The summed E-state index contributed by atoms with van der Waals surface area (Å²) in [6, 6.07) is 19.4. The van der Waals surface area contributed by atoms with Crippen molar-refractivity contribution in [1.82, 2.24) is 5.32 Å². The summed E-state index contributed by atoms with van der Waals surface area (Å²) in [5.74, 6) is -2.51. The van der Waals surface area contributed by atoms with Gasteiger partial charge in [0.25, 0.3) is 0 Å². The zero-order valence-electron chi connectivity index (χ0n) is 15.3. The molecule has 1 aliphatic rings. The van der Waals surface area contributed by atoms with Crippen molar-refractivity contribution in [2.45, 2.75) is 12.5 Å². The minimum Gasteiger partial charge on any atom is -0.478 e. The van der Waals surface area contributed by atoms with Gasteiger partial charge in [-0.2, -0.15) is 0 Å². The topological polar surface area (TPSA) is 89.9 Å². The van der Waals surface area contributed by atoms with Crippen LogP contribution in [0.5, 0.6) is 0 Å². The molecule has 148 valence electrons. The lowest BCUT2D eigenvalue weighted by Gasteiger charge is -2.38. The first-order valence-corrected chi connectivity index (χ1v) is 9.24. The minimum atomic E-state index is -1.26. The van der Waals surface area contributed by atoms with Crippen molar-refractivity contribution in [3.8, 4) is 0 Å². The third-order valence-corrected chi connectivity index (χ3v) is 4.44. The maximum atomic E-state index is 9.55. The third-order valence-electron chi connectivity index (χ3n) is 4.19. The van der Waals surface area contributed by atoms with Gasteiger partial charge < -0.3 is 20.4 Å². The molecule has 0 bridgehead atoms. The van der Waals surface area contributed by atoms with Crippen molar-refractivity contribution in [1.29, 1.82) is 0 Å². The van der Waals surface area contributed by atoms with Crippen molar-refractivity contribution in [3.63, 3.8) is 0 Å². The summed E-state index contributed by atoms with van der Waals surface area (Å²) in [5.41, 5.74) is 2.65. The number of nitrogens with one attached hydrogen (secondary N) is 1. The van der Waals surface area contributed by atoms with Crippen molar-refractivity contribution in [2.75, 3.05) is 24.5 Å². The molecular weight excluding hydrogens is 380 g/mol. The SMILES string of the molecule is Clc1ccc(N2CCNCC2Cc2ccccc2)cc1.O=C(O)C=CC(=O)O. The number of carboxylic acids is 2. The molecule has 1 fully saturated rings. The van der Waals surface area contributed by atoms with E-state index in [1.807, 2.05) is 12.1 Å². The number of rotatable bonds is 5. The Hall–Kier alpha value is -2.83. The quantitative estimate of drug-likeness (QED) is 0.666. The monoisotopic (exact) mass is 402 g/mol. The van der Waals surface area contributed by atoms with E-state index in [-0.39, 0.29) is 0 Å². The van der Waals surface area contributed by atoms with Gasteiger partial charge in [0.2, 0.25) is 0 Å². The molecule has 3 rings (SSSR count). The fraction of sp³-hybridized carbons (Fsp3) is 0.238. The predicted octanol–water partition coefficient (Wildman–Crippen LogP) is 3.07. The summed E-state index contributed by atoms with van der Waals surface area (Å²) in [4.78, 5) is 21.6. The van der Waals surface area contributed by atoms with Crippen LogP contribution in [0.25, 0.3) is 0 Å². The molecule has 1 atom stereocenters. The number of piperazine rings is 1. The Bertz CT molecular complexity index is 778.